The number of nitrogens with one attached hydrogen (secondary N) is 3. The van der Waals surface area contributed by atoms with Gasteiger partial charge in [0.25, 0.3) is 5.91 Å². The first kappa shape index (κ1) is 34.2. The summed E-state index contributed by atoms with van der Waals surface area (Å²) in [6.45, 7) is 2.81. The average molecular weight is 647 g/mol. The predicted octanol–water partition coefficient (Wildman–Crippen LogP) is 5.81. The van der Waals surface area contributed by atoms with Gasteiger partial charge < -0.3 is 30.2 Å². The first-order valence-electron chi connectivity index (χ1n) is 15.2. The minimum absolute atomic E-state index is 0.0153. The molecule has 242 valence electrons. The van der Waals surface area contributed by atoms with Crippen LogP contribution in [0, 0.1) is 6.92 Å². The third-order valence-corrected chi connectivity index (χ3v) is 7.49. The maximum Gasteiger partial charge on any atom is 0.407 e. The highest BCUT2D eigenvalue weighted by atomic mass is 35.5. The molecule has 0 aliphatic rings. The van der Waals surface area contributed by atoms with E-state index in [4.69, 9.17) is 20.8 Å². The second-order valence-electron chi connectivity index (χ2n) is 11.0. The molecular formula is C35H39ClN4O6. The zero-order chi connectivity index (χ0) is 32.7. The van der Waals surface area contributed by atoms with E-state index in [-0.39, 0.29) is 37.1 Å². The fraction of sp³-hybridized carbons (Fsp3) is 0.314. The molecule has 0 fully saturated rings. The van der Waals surface area contributed by atoms with Gasteiger partial charge in [-0.2, -0.15) is 0 Å². The molecule has 10 nitrogen and oxygen atoms in total. The van der Waals surface area contributed by atoms with Crippen LogP contribution in [0.3, 0.4) is 0 Å². The Hall–Kier alpha value is -4.67. The van der Waals surface area contributed by atoms with Gasteiger partial charge in [-0.25, -0.2) is 9.78 Å². The number of oxazole rings is 1. The van der Waals surface area contributed by atoms with Crippen molar-refractivity contribution in [3.63, 3.8) is 0 Å². The summed E-state index contributed by atoms with van der Waals surface area (Å²) in [6.07, 6.45) is 1.66. The van der Waals surface area contributed by atoms with Gasteiger partial charge in [0.2, 0.25) is 11.8 Å². The van der Waals surface area contributed by atoms with Gasteiger partial charge in [-0.15, -0.1) is 0 Å². The summed E-state index contributed by atoms with van der Waals surface area (Å²) in [6, 6.07) is 23.8. The molecule has 1 unspecified atom stereocenters. The molecule has 11 heteroatoms. The Kier molecular flexibility index (Phi) is 13.2. The second-order valence-corrected chi connectivity index (χ2v) is 11.4. The van der Waals surface area contributed by atoms with Crippen molar-refractivity contribution < 1.29 is 28.6 Å². The van der Waals surface area contributed by atoms with Crippen molar-refractivity contribution in [3.05, 3.63) is 124 Å². The number of benzene rings is 3. The Balaban J connectivity index is 1.27. The highest BCUT2D eigenvalue weighted by molar-refractivity contribution is 6.30. The minimum Gasteiger partial charge on any atom is -0.445 e. The maximum atomic E-state index is 12.9. The maximum absolute atomic E-state index is 12.9. The van der Waals surface area contributed by atoms with Gasteiger partial charge in [0, 0.05) is 24.5 Å². The Labute approximate surface area is 273 Å². The Morgan fingerprint density at radius 1 is 0.935 bits per heavy atom. The lowest BCUT2D eigenvalue weighted by molar-refractivity contribution is -0.123. The Bertz CT molecular complexity index is 1560. The van der Waals surface area contributed by atoms with E-state index >= 15 is 0 Å². The van der Waals surface area contributed by atoms with Crippen LogP contribution in [-0.2, 0) is 29.1 Å². The highest BCUT2D eigenvalue weighted by Gasteiger charge is 2.28. The van der Waals surface area contributed by atoms with E-state index < -0.39 is 24.1 Å². The van der Waals surface area contributed by atoms with Gasteiger partial charge in [-0.3, -0.25) is 9.59 Å². The number of alkyl carbamates (subject to hydrolysis) is 1. The number of aliphatic hydroxyl groups excluding tert-OH is 1. The van der Waals surface area contributed by atoms with E-state index in [1.807, 2.05) is 55.5 Å². The van der Waals surface area contributed by atoms with Gasteiger partial charge >= 0.3 is 6.09 Å². The summed E-state index contributed by atoms with van der Waals surface area (Å²) < 4.78 is 10.7. The third kappa shape index (κ3) is 11.4. The quantitative estimate of drug-likeness (QED) is 0.112. The molecule has 4 rings (SSSR count). The van der Waals surface area contributed by atoms with E-state index in [1.54, 1.807) is 24.3 Å². The lowest BCUT2D eigenvalue weighted by Crippen LogP contribution is -2.40. The van der Waals surface area contributed by atoms with Crippen molar-refractivity contribution in [1.29, 1.82) is 0 Å². The lowest BCUT2D eigenvalue weighted by Gasteiger charge is -2.22. The predicted molar refractivity (Wildman–Crippen MR) is 174 cm³/mol. The molecule has 4 aromatic rings. The SMILES string of the molecule is Cc1cccc(CC[C@H](NC(=O)CCCCNC(=O)OCc2ccccc2)C(O)c2nc(C(=O)NCc3ccc(Cl)cc3)co2)c1. The molecule has 0 saturated carbocycles. The molecule has 3 aromatic carbocycles. The van der Waals surface area contributed by atoms with E-state index in [9.17, 15) is 19.5 Å². The van der Waals surface area contributed by atoms with Crippen LogP contribution < -0.4 is 16.0 Å². The molecule has 0 radical (unpaired) electrons. The molecule has 1 aromatic heterocycles. The third-order valence-electron chi connectivity index (χ3n) is 7.24. The first-order valence-corrected chi connectivity index (χ1v) is 15.6. The van der Waals surface area contributed by atoms with Gasteiger partial charge in [0.05, 0.1) is 6.04 Å². The fourth-order valence-electron chi connectivity index (χ4n) is 4.73. The van der Waals surface area contributed by atoms with E-state index in [1.165, 1.54) is 6.26 Å². The van der Waals surface area contributed by atoms with Crippen LogP contribution >= 0.6 is 11.6 Å². The summed E-state index contributed by atoms with van der Waals surface area (Å²) >= 11 is 5.92. The average Bonchev–Trinajstić information content (AvgIpc) is 3.56. The zero-order valence-corrected chi connectivity index (χ0v) is 26.5. The molecule has 1 heterocycles. The van der Waals surface area contributed by atoms with E-state index in [0.29, 0.717) is 37.3 Å². The van der Waals surface area contributed by atoms with Crippen LogP contribution in [0.5, 0.6) is 0 Å². The zero-order valence-electron chi connectivity index (χ0n) is 25.7. The number of rotatable bonds is 16. The number of amides is 3. The largest absolute Gasteiger partial charge is 0.445 e. The van der Waals surface area contributed by atoms with E-state index in [0.717, 1.165) is 22.3 Å². The summed E-state index contributed by atoms with van der Waals surface area (Å²) in [5.74, 6) is -0.785. The molecule has 46 heavy (non-hydrogen) atoms. The number of aryl methyl sites for hydroxylation is 2. The van der Waals surface area contributed by atoms with Gasteiger partial charge in [0.15, 0.2) is 11.8 Å². The number of hydrogen-bond acceptors (Lipinski definition) is 7. The number of carbonyl (C=O) groups is 3. The number of hydrogen-bond donors (Lipinski definition) is 4. The number of aromatic nitrogens is 1. The summed E-state index contributed by atoms with van der Waals surface area (Å²) in [5.41, 5.74) is 3.94. The summed E-state index contributed by atoms with van der Waals surface area (Å²) in [4.78, 5) is 41.8. The van der Waals surface area contributed by atoms with Crippen molar-refractivity contribution in [2.45, 2.75) is 64.3 Å². The number of unbranched alkanes of at least 4 members (excludes halogenated alkanes) is 1. The second kappa shape index (κ2) is 17.7. The molecule has 0 aliphatic heterocycles. The van der Waals surface area contributed by atoms with E-state index in [2.05, 4.69) is 27.0 Å². The van der Waals surface area contributed by atoms with Crippen LogP contribution in [0.1, 0.15) is 70.4 Å². The van der Waals surface area contributed by atoms with Crippen molar-refractivity contribution >= 4 is 29.5 Å². The smallest absolute Gasteiger partial charge is 0.407 e. The first-order chi connectivity index (χ1) is 22.3. The minimum atomic E-state index is -1.28. The standard InChI is InChI=1S/C35H39ClN4O6/c1-24-8-7-11-25(20-24)15-18-29(39-31(41)12-5-6-19-37-35(44)46-22-27-9-3-2-4-10-27)32(42)34-40-30(23-45-34)33(43)38-21-26-13-16-28(36)17-14-26/h2-4,7-11,13-14,16-17,20,23,29,32,42H,5-6,12,15,18-19,21-22H2,1H3,(H,37,44)(H,38,43)(H,39,41)/t29-,32?/m0/s1. The summed E-state index contributed by atoms with van der Waals surface area (Å²) in [7, 11) is 0. The van der Waals surface area contributed by atoms with Crippen LogP contribution in [0.4, 0.5) is 4.79 Å². The van der Waals surface area contributed by atoms with Crippen molar-refractivity contribution in [2.75, 3.05) is 6.54 Å². The van der Waals surface area contributed by atoms with Crippen molar-refractivity contribution in [3.8, 4) is 0 Å². The number of carbonyl (C=O) groups excluding carboxylic acids is 3. The fourth-order valence-corrected chi connectivity index (χ4v) is 4.85. The topological polar surface area (TPSA) is 143 Å². The number of ether oxygens (including phenoxy) is 1. The van der Waals surface area contributed by atoms with Gasteiger partial charge in [0.1, 0.15) is 12.9 Å². The molecule has 2 atom stereocenters. The van der Waals surface area contributed by atoms with Gasteiger partial charge in [-0.1, -0.05) is 83.9 Å². The van der Waals surface area contributed by atoms with Crippen LogP contribution in [0.25, 0.3) is 0 Å². The summed E-state index contributed by atoms with van der Waals surface area (Å²) in [5, 5.41) is 20.2. The number of aliphatic hydroxyl groups is 1. The van der Waals surface area contributed by atoms with Crippen LogP contribution in [0.15, 0.2) is 89.5 Å². The Morgan fingerprint density at radius 3 is 2.46 bits per heavy atom. The van der Waals surface area contributed by atoms with Gasteiger partial charge in [-0.05, 0) is 61.4 Å². The monoisotopic (exact) mass is 646 g/mol. The molecular weight excluding hydrogens is 608 g/mol. The molecule has 3 amide bonds. The molecule has 0 bridgehead atoms. The van der Waals surface area contributed by atoms with Crippen molar-refractivity contribution in [1.82, 2.24) is 20.9 Å². The Morgan fingerprint density at radius 2 is 1.70 bits per heavy atom. The van der Waals surface area contributed by atoms with Crippen LogP contribution in [0.2, 0.25) is 5.02 Å². The lowest BCUT2D eigenvalue weighted by atomic mass is 9.99. The number of halogens is 1. The molecule has 0 saturated heterocycles. The van der Waals surface area contributed by atoms with Crippen molar-refractivity contribution in [2.24, 2.45) is 0 Å². The van der Waals surface area contributed by atoms with Crippen LogP contribution in [-0.4, -0.2) is 40.6 Å². The number of nitrogens with zero attached hydrogens (tertiary/aromatic N) is 1. The molecule has 4 N–H and O–H groups in total. The molecule has 0 spiro atoms. The highest BCUT2D eigenvalue weighted by Crippen LogP contribution is 2.21. The molecule has 0 aliphatic carbocycles. The normalized spacial score (nSPS) is 12.2.